The highest BCUT2D eigenvalue weighted by atomic mass is 16.5. The van der Waals surface area contributed by atoms with Crippen molar-refractivity contribution in [3.05, 3.63) is 0 Å². The minimum absolute atomic E-state index is 0.277. The van der Waals surface area contributed by atoms with E-state index in [1.54, 1.807) is 7.11 Å². The summed E-state index contributed by atoms with van der Waals surface area (Å²) in [7, 11) is 4.03. The van der Waals surface area contributed by atoms with Crippen LogP contribution in [0.5, 0.6) is 0 Å². The van der Waals surface area contributed by atoms with E-state index in [4.69, 9.17) is 10.5 Å². The van der Waals surface area contributed by atoms with Gasteiger partial charge in [0.05, 0.1) is 0 Å². The molecule has 1 saturated carbocycles. The van der Waals surface area contributed by atoms with Crippen molar-refractivity contribution < 1.29 is 4.74 Å². The summed E-state index contributed by atoms with van der Waals surface area (Å²) in [5, 5.41) is 0. The second-order valence-corrected chi connectivity index (χ2v) is 5.90. The molecule has 0 aliphatic heterocycles. The minimum Gasteiger partial charge on any atom is -0.385 e. The van der Waals surface area contributed by atoms with Crippen LogP contribution >= 0.6 is 0 Å². The Bertz CT molecular complexity index is 213. The average molecular weight is 256 g/mol. The Balaban J connectivity index is 2.39. The lowest BCUT2D eigenvalue weighted by atomic mass is 9.74. The first-order valence-electron chi connectivity index (χ1n) is 7.58. The Hall–Kier alpha value is -0.120. The van der Waals surface area contributed by atoms with Crippen LogP contribution in [0.25, 0.3) is 0 Å². The van der Waals surface area contributed by atoms with Gasteiger partial charge in [0, 0.05) is 25.8 Å². The van der Waals surface area contributed by atoms with Crippen LogP contribution in [0.15, 0.2) is 0 Å². The molecule has 0 atom stereocenters. The van der Waals surface area contributed by atoms with E-state index in [0.717, 1.165) is 32.0 Å². The van der Waals surface area contributed by atoms with Gasteiger partial charge in [0.25, 0.3) is 0 Å². The maximum absolute atomic E-state index is 6.09. The zero-order valence-electron chi connectivity index (χ0n) is 12.6. The molecule has 0 spiro atoms. The lowest BCUT2D eigenvalue weighted by Crippen LogP contribution is -2.54. The second kappa shape index (κ2) is 8.13. The van der Waals surface area contributed by atoms with Gasteiger partial charge in [0.15, 0.2) is 0 Å². The maximum atomic E-state index is 6.09. The van der Waals surface area contributed by atoms with Gasteiger partial charge in [0.2, 0.25) is 0 Å². The first-order chi connectivity index (χ1) is 8.68. The second-order valence-electron chi connectivity index (χ2n) is 5.90. The molecule has 18 heavy (non-hydrogen) atoms. The van der Waals surface area contributed by atoms with Crippen LogP contribution in [0.4, 0.5) is 0 Å². The smallest absolute Gasteiger partial charge is 0.0462 e. The highest BCUT2D eigenvalue weighted by Gasteiger charge is 2.36. The third-order valence-electron chi connectivity index (χ3n) is 4.89. The Morgan fingerprint density at radius 1 is 1.28 bits per heavy atom. The normalized spacial score (nSPS) is 28.8. The van der Waals surface area contributed by atoms with Crippen molar-refractivity contribution in [2.24, 2.45) is 11.7 Å². The zero-order valence-corrected chi connectivity index (χ0v) is 12.6. The van der Waals surface area contributed by atoms with Gasteiger partial charge >= 0.3 is 0 Å². The van der Waals surface area contributed by atoms with Crippen LogP contribution in [0.1, 0.15) is 51.9 Å². The number of nitrogens with zero attached hydrogens (tertiary/aromatic N) is 1. The summed E-state index contributed by atoms with van der Waals surface area (Å²) in [5.41, 5.74) is 6.37. The van der Waals surface area contributed by atoms with E-state index in [9.17, 15) is 0 Å². The van der Waals surface area contributed by atoms with Gasteiger partial charge in [-0.2, -0.15) is 0 Å². The summed E-state index contributed by atoms with van der Waals surface area (Å²) in [4.78, 5) is 2.52. The molecular weight excluding hydrogens is 224 g/mol. The molecule has 0 amide bonds. The van der Waals surface area contributed by atoms with E-state index in [-0.39, 0.29) is 5.54 Å². The molecule has 1 aliphatic rings. The summed E-state index contributed by atoms with van der Waals surface area (Å²) in [6, 6.07) is 0. The Kier molecular flexibility index (Phi) is 7.20. The highest BCUT2D eigenvalue weighted by molar-refractivity contribution is 4.94. The van der Waals surface area contributed by atoms with Crippen molar-refractivity contribution >= 4 is 0 Å². The minimum atomic E-state index is 0.277. The Labute approximate surface area is 113 Å². The fraction of sp³-hybridized carbons (Fsp3) is 1.00. The molecule has 0 heterocycles. The van der Waals surface area contributed by atoms with Gasteiger partial charge in [-0.25, -0.2) is 0 Å². The van der Waals surface area contributed by atoms with Gasteiger partial charge in [-0.1, -0.05) is 13.3 Å². The van der Waals surface area contributed by atoms with Crippen molar-refractivity contribution in [1.82, 2.24) is 4.90 Å². The van der Waals surface area contributed by atoms with E-state index in [2.05, 4.69) is 18.9 Å². The van der Waals surface area contributed by atoms with Gasteiger partial charge in [0.1, 0.15) is 0 Å². The lowest BCUT2D eigenvalue weighted by Gasteiger charge is -2.46. The summed E-state index contributed by atoms with van der Waals surface area (Å²) in [6.45, 7) is 5.15. The highest BCUT2D eigenvalue weighted by Crippen LogP contribution is 2.36. The molecule has 108 valence electrons. The summed E-state index contributed by atoms with van der Waals surface area (Å²) >= 11 is 0. The van der Waals surface area contributed by atoms with Gasteiger partial charge in [-0.05, 0) is 58.0 Å². The van der Waals surface area contributed by atoms with E-state index >= 15 is 0 Å². The molecule has 0 bridgehead atoms. The van der Waals surface area contributed by atoms with Crippen molar-refractivity contribution in [3.63, 3.8) is 0 Å². The SMILES string of the molecule is CCC1CCC(CN)(N(C)CCCCOC)CC1. The first-order valence-corrected chi connectivity index (χ1v) is 7.58. The van der Waals surface area contributed by atoms with Crippen LogP contribution < -0.4 is 5.73 Å². The summed E-state index contributed by atoms with van der Waals surface area (Å²) in [5.74, 6) is 0.937. The molecule has 1 fully saturated rings. The summed E-state index contributed by atoms with van der Waals surface area (Å²) in [6.07, 6.45) is 8.97. The third kappa shape index (κ3) is 4.22. The number of unbranched alkanes of at least 4 members (excludes halogenated alkanes) is 1. The molecule has 0 aromatic carbocycles. The number of likely N-dealkylation sites (N-methyl/N-ethyl adjacent to an activating group) is 1. The lowest BCUT2D eigenvalue weighted by molar-refractivity contribution is 0.0607. The number of hydrogen-bond donors (Lipinski definition) is 1. The fourth-order valence-corrected chi connectivity index (χ4v) is 3.20. The van der Waals surface area contributed by atoms with E-state index in [0.29, 0.717) is 0 Å². The number of ether oxygens (including phenoxy) is 1. The molecule has 1 rings (SSSR count). The number of hydrogen-bond acceptors (Lipinski definition) is 3. The van der Waals surface area contributed by atoms with Crippen molar-refractivity contribution in [3.8, 4) is 0 Å². The fourth-order valence-electron chi connectivity index (χ4n) is 3.20. The zero-order chi connectivity index (χ0) is 13.4. The number of nitrogens with two attached hydrogens (primary N) is 1. The Morgan fingerprint density at radius 2 is 1.94 bits per heavy atom. The number of methoxy groups -OCH3 is 1. The van der Waals surface area contributed by atoms with Crippen molar-refractivity contribution in [2.75, 3.05) is 33.9 Å². The molecule has 0 saturated heterocycles. The van der Waals surface area contributed by atoms with Crippen LogP contribution in [0.3, 0.4) is 0 Å². The topological polar surface area (TPSA) is 38.5 Å². The van der Waals surface area contributed by atoms with Crippen LogP contribution in [0, 0.1) is 5.92 Å². The molecule has 0 radical (unpaired) electrons. The van der Waals surface area contributed by atoms with Gasteiger partial charge < -0.3 is 10.5 Å². The largest absolute Gasteiger partial charge is 0.385 e. The van der Waals surface area contributed by atoms with Crippen LogP contribution in [0.2, 0.25) is 0 Å². The van der Waals surface area contributed by atoms with Gasteiger partial charge in [-0.15, -0.1) is 0 Å². The predicted molar refractivity (Wildman–Crippen MR) is 77.8 cm³/mol. The molecule has 2 N–H and O–H groups in total. The summed E-state index contributed by atoms with van der Waals surface area (Å²) < 4.78 is 5.11. The van der Waals surface area contributed by atoms with Crippen molar-refractivity contribution in [2.45, 2.75) is 57.4 Å². The van der Waals surface area contributed by atoms with E-state index in [1.165, 1.54) is 38.5 Å². The maximum Gasteiger partial charge on any atom is 0.0462 e. The monoisotopic (exact) mass is 256 g/mol. The molecule has 3 nitrogen and oxygen atoms in total. The Morgan fingerprint density at radius 3 is 2.44 bits per heavy atom. The van der Waals surface area contributed by atoms with Gasteiger partial charge in [-0.3, -0.25) is 4.90 Å². The molecule has 0 unspecified atom stereocenters. The van der Waals surface area contributed by atoms with E-state index < -0.39 is 0 Å². The predicted octanol–water partition coefficient (Wildman–Crippen LogP) is 2.64. The molecule has 3 heteroatoms. The van der Waals surface area contributed by atoms with Crippen LogP contribution in [-0.4, -0.2) is 44.3 Å². The molecule has 0 aromatic rings. The average Bonchev–Trinajstić information content (AvgIpc) is 2.43. The van der Waals surface area contributed by atoms with Crippen molar-refractivity contribution in [1.29, 1.82) is 0 Å². The van der Waals surface area contributed by atoms with Crippen LogP contribution in [-0.2, 0) is 4.74 Å². The standard InChI is InChI=1S/C15H32N2O/c1-4-14-7-9-15(13-16,10-8-14)17(2)11-5-6-12-18-3/h14H,4-13,16H2,1-3H3. The molecule has 0 aromatic heterocycles. The number of rotatable bonds is 8. The third-order valence-corrected chi connectivity index (χ3v) is 4.89. The quantitative estimate of drug-likeness (QED) is 0.679. The molecule has 1 aliphatic carbocycles. The first kappa shape index (κ1) is 15.9. The molecular formula is C15H32N2O. The van der Waals surface area contributed by atoms with E-state index in [1.807, 2.05) is 0 Å².